The number of amides is 4. The van der Waals surface area contributed by atoms with E-state index in [0.717, 1.165) is 24.2 Å². The van der Waals surface area contributed by atoms with Crippen LogP contribution in [0, 0.1) is 23.6 Å². The van der Waals surface area contributed by atoms with Crippen molar-refractivity contribution < 1.29 is 37.0 Å². The largest absolute Gasteiger partial charge is 0.493 e. The first kappa shape index (κ1) is 35.0. The zero-order chi connectivity index (χ0) is 32.8. The molecule has 2 fully saturated rings. The number of amidine groups is 1. The molecule has 1 aromatic carbocycles. The van der Waals surface area contributed by atoms with Gasteiger partial charge >= 0.3 is 12.1 Å². The summed E-state index contributed by atoms with van der Waals surface area (Å²) in [5.74, 6) is -2.99. The van der Waals surface area contributed by atoms with Crippen molar-refractivity contribution in [2.24, 2.45) is 28.5 Å². The van der Waals surface area contributed by atoms with Crippen LogP contribution in [-0.2, 0) is 16.0 Å². The summed E-state index contributed by atoms with van der Waals surface area (Å²) in [6.07, 6.45) is 1.27. The predicted molar refractivity (Wildman–Crippen MR) is 160 cm³/mol. The number of hydrogen-bond donors (Lipinski definition) is 2. The highest BCUT2D eigenvalue weighted by molar-refractivity contribution is 5.93. The lowest BCUT2D eigenvalue weighted by molar-refractivity contribution is -0.167. The topological polar surface area (TPSA) is 127 Å². The molecule has 0 radical (unpaired) electrons. The quantitative estimate of drug-likeness (QED) is 0.279. The average Bonchev–Trinajstić information content (AvgIpc) is 2.91. The number of alkyl halides is 2. The van der Waals surface area contributed by atoms with Crippen LogP contribution in [0.15, 0.2) is 23.2 Å². The Morgan fingerprint density at radius 1 is 1.11 bits per heavy atom. The molecule has 2 saturated heterocycles. The van der Waals surface area contributed by atoms with Crippen LogP contribution in [0.5, 0.6) is 5.75 Å². The highest BCUT2D eigenvalue weighted by atomic mass is 19.3. The van der Waals surface area contributed by atoms with Gasteiger partial charge in [0.25, 0.3) is 5.92 Å². The number of halogens is 3. The first-order chi connectivity index (χ1) is 20.4. The van der Waals surface area contributed by atoms with E-state index in [1.165, 1.54) is 12.1 Å². The zero-order valence-corrected chi connectivity index (χ0v) is 26.5. The van der Waals surface area contributed by atoms with E-state index in [0.29, 0.717) is 43.1 Å². The molecule has 0 saturated carbocycles. The highest BCUT2D eigenvalue weighted by Gasteiger charge is 2.48. The first-order valence-corrected chi connectivity index (χ1v) is 15.1. The van der Waals surface area contributed by atoms with Gasteiger partial charge in [0.1, 0.15) is 29.0 Å². The van der Waals surface area contributed by atoms with E-state index in [1.54, 1.807) is 31.7 Å². The van der Waals surface area contributed by atoms with E-state index in [1.807, 2.05) is 13.8 Å². The van der Waals surface area contributed by atoms with E-state index >= 15 is 4.39 Å². The Morgan fingerprint density at radius 2 is 1.75 bits per heavy atom. The molecule has 1 aromatic rings. The standard InChI is InChI=1S/C31H46F3N5O5/c1-19(2)26(35)37-28(41)38-12-9-21(10-13-38)20(3)11-14-43-23-8-7-22(24(32)16-23)15-25(36-29(42)44-30(4,5)6)27(40)39-17-31(33,34)18-39/h7-8,16,19-21,25H,9-15,17-18H2,1-6H3,(H,36,42)(H2,35,37,41)/t20-,25+/m1/s1. The summed E-state index contributed by atoms with van der Waals surface area (Å²) in [6, 6.07) is 2.65. The summed E-state index contributed by atoms with van der Waals surface area (Å²) in [5, 5.41) is 2.41. The van der Waals surface area contributed by atoms with Gasteiger partial charge in [-0.1, -0.05) is 26.8 Å². The van der Waals surface area contributed by atoms with Crippen molar-refractivity contribution in [1.82, 2.24) is 15.1 Å². The maximum absolute atomic E-state index is 15.1. The Kier molecular flexibility index (Phi) is 11.5. The highest BCUT2D eigenvalue weighted by Crippen LogP contribution is 2.29. The summed E-state index contributed by atoms with van der Waals surface area (Å²) in [7, 11) is 0. The van der Waals surface area contributed by atoms with E-state index in [9.17, 15) is 23.2 Å². The lowest BCUT2D eigenvalue weighted by Crippen LogP contribution is -2.63. The van der Waals surface area contributed by atoms with Crippen molar-refractivity contribution in [2.75, 3.05) is 32.8 Å². The fraction of sp³-hybridized carbons (Fsp3) is 0.677. The third-order valence-corrected chi connectivity index (χ3v) is 7.87. The van der Waals surface area contributed by atoms with Gasteiger partial charge in [0.05, 0.1) is 19.7 Å². The Bertz CT molecular complexity index is 1200. The van der Waals surface area contributed by atoms with Crippen LogP contribution in [0.4, 0.5) is 22.8 Å². The number of benzene rings is 1. The number of alkyl carbamates (subject to hydrolysis) is 1. The van der Waals surface area contributed by atoms with Crippen molar-refractivity contribution in [1.29, 1.82) is 0 Å². The van der Waals surface area contributed by atoms with Crippen LogP contribution in [0.1, 0.15) is 66.4 Å². The molecule has 0 aromatic heterocycles. The summed E-state index contributed by atoms with van der Waals surface area (Å²) in [6.45, 7) is 10.9. The van der Waals surface area contributed by atoms with E-state index < -0.39 is 48.5 Å². The number of piperidine rings is 1. The number of urea groups is 1. The number of nitrogens with zero attached hydrogens (tertiary/aromatic N) is 3. The van der Waals surface area contributed by atoms with Gasteiger partial charge in [0.15, 0.2) is 0 Å². The Hall–Kier alpha value is -3.51. The minimum atomic E-state index is -2.98. The molecular formula is C31H46F3N5O5. The molecule has 0 unspecified atom stereocenters. The van der Waals surface area contributed by atoms with Crippen molar-refractivity contribution in [3.8, 4) is 5.75 Å². The molecule has 0 aliphatic carbocycles. The zero-order valence-electron chi connectivity index (χ0n) is 26.5. The smallest absolute Gasteiger partial charge is 0.408 e. The molecule has 4 amide bonds. The van der Waals surface area contributed by atoms with Crippen LogP contribution >= 0.6 is 0 Å². The first-order valence-electron chi connectivity index (χ1n) is 15.1. The van der Waals surface area contributed by atoms with Crippen molar-refractivity contribution in [2.45, 2.75) is 84.8 Å². The number of nitrogens with one attached hydrogen (secondary N) is 1. The number of carbonyl (C=O) groups excluding carboxylic acids is 3. The molecule has 246 valence electrons. The van der Waals surface area contributed by atoms with Crippen molar-refractivity contribution in [3.63, 3.8) is 0 Å². The van der Waals surface area contributed by atoms with E-state index in [-0.39, 0.29) is 23.9 Å². The second-order valence-electron chi connectivity index (χ2n) is 13.1. The van der Waals surface area contributed by atoms with Gasteiger partial charge in [-0.25, -0.2) is 22.8 Å². The molecule has 0 spiro atoms. The van der Waals surface area contributed by atoms with Gasteiger partial charge in [-0.05, 0) is 63.5 Å². The molecule has 2 atom stereocenters. The Labute approximate surface area is 257 Å². The van der Waals surface area contributed by atoms with Crippen LogP contribution in [0.2, 0.25) is 0 Å². The molecule has 2 heterocycles. The fourth-order valence-corrected chi connectivity index (χ4v) is 5.11. The van der Waals surface area contributed by atoms with Crippen molar-refractivity contribution in [3.05, 3.63) is 29.6 Å². The predicted octanol–water partition coefficient (Wildman–Crippen LogP) is 4.99. The normalized spacial score (nSPS) is 18.8. The van der Waals surface area contributed by atoms with Crippen molar-refractivity contribution >= 4 is 23.9 Å². The summed E-state index contributed by atoms with van der Waals surface area (Å²) in [4.78, 5) is 44.3. The van der Waals surface area contributed by atoms with Crippen LogP contribution in [-0.4, -0.2) is 84.0 Å². The second-order valence-corrected chi connectivity index (χ2v) is 13.1. The number of rotatable bonds is 10. The third kappa shape index (κ3) is 10.3. The van der Waals surface area contributed by atoms with Gasteiger partial charge in [-0.15, -0.1) is 0 Å². The SMILES string of the molecule is CC(C)C(N)=NC(=O)N1CCC([C@H](C)CCOc2ccc(C[C@H](NC(=O)OC(C)(C)C)C(=O)N3CC(F)(F)C3)c(F)c2)CC1. The fourth-order valence-electron chi connectivity index (χ4n) is 5.11. The molecular weight excluding hydrogens is 579 g/mol. The number of aliphatic imine (C=N–C) groups is 1. The molecule has 2 aliphatic heterocycles. The van der Waals surface area contributed by atoms with Crippen LogP contribution in [0.3, 0.4) is 0 Å². The van der Waals surface area contributed by atoms with Gasteiger partial charge in [-0.2, -0.15) is 4.99 Å². The number of nitrogens with two attached hydrogens (primary N) is 1. The molecule has 2 aliphatic rings. The molecule has 0 bridgehead atoms. The summed E-state index contributed by atoms with van der Waals surface area (Å²) >= 11 is 0. The maximum Gasteiger partial charge on any atom is 0.408 e. The van der Waals surface area contributed by atoms with Gasteiger partial charge in [0.2, 0.25) is 5.91 Å². The van der Waals surface area contributed by atoms with Crippen LogP contribution in [0.25, 0.3) is 0 Å². The third-order valence-electron chi connectivity index (χ3n) is 7.87. The maximum atomic E-state index is 15.1. The summed E-state index contributed by atoms with van der Waals surface area (Å²) < 4.78 is 52.9. The van der Waals surface area contributed by atoms with Gasteiger partial charge in [0, 0.05) is 31.5 Å². The molecule has 3 N–H and O–H groups in total. The van der Waals surface area contributed by atoms with Gasteiger partial charge in [-0.3, -0.25) is 4.79 Å². The second kappa shape index (κ2) is 14.5. The molecule has 44 heavy (non-hydrogen) atoms. The monoisotopic (exact) mass is 625 g/mol. The molecule has 13 heteroatoms. The Balaban J connectivity index is 1.52. The minimum Gasteiger partial charge on any atom is -0.493 e. The van der Waals surface area contributed by atoms with Gasteiger partial charge < -0.3 is 30.3 Å². The van der Waals surface area contributed by atoms with E-state index in [2.05, 4.69) is 17.2 Å². The minimum absolute atomic E-state index is 0.0111. The summed E-state index contributed by atoms with van der Waals surface area (Å²) in [5.41, 5.74) is 5.09. The van der Waals surface area contributed by atoms with Crippen LogP contribution < -0.4 is 15.8 Å². The molecule has 3 rings (SSSR count). The molecule has 10 nitrogen and oxygen atoms in total. The number of hydrogen-bond acceptors (Lipinski definition) is 5. The number of likely N-dealkylation sites (tertiary alicyclic amines) is 2. The number of ether oxygens (including phenoxy) is 2. The number of carbonyl (C=O) groups is 3. The Morgan fingerprint density at radius 3 is 2.30 bits per heavy atom. The lowest BCUT2D eigenvalue weighted by Gasteiger charge is -2.40. The average molecular weight is 626 g/mol. The lowest BCUT2D eigenvalue weighted by atomic mass is 9.84. The van der Waals surface area contributed by atoms with E-state index in [4.69, 9.17) is 15.2 Å².